The van der Waals surface area contributed by atoms with Crippen molar-refractivity contribution in [3.05, 3.63) is 9.81 Å². The summed E-state index contributed by atoms with van der Waals surface area (Å²) in [5.74, 6) is 0.537. The van der Waals surface area contributed by atoms with Crippen molar-refractivity contribution in [1.29, 1.82) is 0 Å². The molecule has 0 radical (unpaired) electrons. The van der Waals surface area contributed by atoms with Crippen LogP contribution < -0.4 is 16.4 Å². The maximum absolute atomic E-state index is 11.2. The van der Waals surface area contributed by atoms with Crippen molar-refractivity contribution in [2.24, 2.45) is 22.0 Å². The number of hydrogen-bond donors (Lipinski definition) is 3. The van der Waals surface area contributed by atoms with Gasteiger partial charge in [0.05, 0.1) is 0 Å². The molecule has 0 aliphatic heterocycles. The summed E-state index contributed by atoms with van der Waals surface area (Å²) >= 11 is 0. The van der Waals surface area contributed by atoms with Gasteiger partial charge in [-0.15, -0.1) is 0 Å². The quantitative estimate of drug-likeness (QED) is 0.435. The van der Waals surface area contributed by atoms with Crippen molar-refractivity contribution >= 4 is 0 Å². The van der Waals surface area contributed by atoms with E-state index >= 15 is 0 Å². The van der Waals surface area contributed by atoms with Crippen LogP contribution in [-0.4, -0.2) is 42.8 Å². The Morgan fingerprint density at radius 2 is 1.32 bits per heavy atom. The first-order chi connectivity index (χ1) is 13.5. The zero-order chi connectivity index (χ0) is 20.5. The van der Waals surface area contributed by atoms with Gasteiger partial charge in [0, 0.05) is 11.1 Å². The number of nitrogens with zero attached hydrogens (tertiary/aromatic N) is 2. The molecule has 7 nitrogen and oxygen atoms in total. The third-order valence-electron chi connectivity index (χ3n) is 7.31. The molecule has 0 spiro atoms. The van der Waals surface area contributed by atoms with Gasteiger partial charge in [-0.1, -0.05) is 36.0 Å². The Morgan fingerprint density at radius 1 is 0.857 bits per heavy atom. The predicted molar refractivity (Wildman–Crippen MR) is 115 cm³/mol. The van der Waals surface area contributed by atoms with Gasteiger partial charge in [-0.3, -0.25) is 0 Å². The smallest absolute Gasteiger partial charge is 0.110 e. The van der Waals surface area contributed by atoms with E-state index in [2.05, 4.69) is 34.8 Å². The first-order valence-corrected chi connectivity index (χ1v) is 11.3. The molecule has 2 fully saturated rings. The van der Waals surface area contributed by atoms with Crippen molar-refractivity contribution < 1.29 is 0 Å². The maximum atomic E-state index is 11.2. The van der Waals surface area contributed by atoms with E-state index in [4.69, 9.17) is 5.73 Å². The summed E-state index contributed by atoms with van der Waals surface area (Å²) in [6.45, 7) is 6.77. The van der Waals surface area contributed by atoms with E-state index in [1.165, 1.54) is 0 Å². The van der Waals surface area contributed by atoms with Crippen LogP contribution in [0.15, 0.2) is 10.4 Å². The fraction of sp³-hybridized carbons (Fsp3) is 1.00. The summed E-state index contributed by atoms with van der Waals surface area (Å²) in [6, 6.07) is -0.232. The van der Waals surface area contributed by atoms with Crippen molar-refractivity contribution in [3.63, 3.8) is 0 Å². The summed E-state index contributed by atoms with van der Waals surface area (Å²) in [5, 5.41) is 14.0. The van der Waals surface area contributed by atoms with E-state index in [0.29, 0.717) is 12.5 Å². The molecule has 0 aromatic heterocycles. The van der Waals surface area contributed by atoms with Crippen LogP contribution in [-0.2, 0) is 0 Å². The molecule has 0 heterocycles. The van der Waals surface area contributed by atoms with Gasteiger partial charge in [0.2, 0.25) is 0 Å². The maximum Gasteiger partial charge on any atom is 0.110 e. The van der Waals surface area contributed by atoms with Crippen molar-refractivity contribution in [2.45, 2.75) is 108 Å². The second kappa shape index (κ2) is 11.3. The molecule has 2 rings (SSSR count). The Balaban J connectivity index is 1.78. The molecule has 4 N–H and O–H groups in total. The molecular weight excluding hydrogens is 354 g/mol. The fourth-order valence-corrected chi connectivity index (χ4v) is 5.17. The predicted octanol–water partition coefficient (Wildman–Crippen LogP) is 3.85. The number of hydrogen-bond acceptors (Lipinski definition) is 7. The van der Waals surface area contributed by atoms with E-state index < -0.39 is 0 Å². The number of nitrogens with two attached hydrogens (primary N) is 1. The van der Waals surface area contributed by atoms with Crippen LogP contribution in [0.4, 0.5) is 0 Å². The number of rotatable bonds is 12. The fourth-order valence-electron chi connectivity index (χ4n) is 5.17. The Kier molecular flexibility index (Phi) is 9.44. The zero-order valence-corrected chi connectivity index (χ0v) is 17.9. The van der Waals surface area contributed by atoms with E-state index in [0.717, 1.165) is 83.7 Å². The largest absolute Gasteiger partial charge is 0.330 e. The second-order valence-electron chi connectivity index (χ2n) is 9.44. The minimum Gasteiger partial charge on any atom is -0.330 e. The summed E-state index contributed by atoms with van der Waals surface area (Å²) in [4.78, 5) is 22.4. The third kappa shape index (κ3) is 6.29. The molecule has 2 aliphatic carbocycles. The molecular formula is C21H41N5O2. The monoisotopic (exact) mass is 395 g/mol. The van der Waals surface area contributed by atoms with Gasteiger partial charge in [0.15, 0.2) is 0 Å². The van der Waals surface area contributed by atoms with Crippen LogP contribution in [0.5, 0.6) is 0 Å². The summed E-state index contributed by atoms with van der Waals surface area (Å²) in [6.07, 6.45) is 11.5. The Bertz CT molecular complexity index is 451. The molecule has 4 unspecified atom stereocenters. The lowest BCUT2D eigenvalue weighted by Gasteiger charge is -2.39. The minimum absolute atomic E-state index is 0.116. The molecule has 0 bridgehead atoms. The molecule has 2 saturated carbocycles. The molecule has 2 aliphatic rings. The van der Waals surface area contributed by atoms with Crippen molar-refractivity contribution in [3.8, 4) is 0 Å². The van der Waals surface area contributed by atoms with Crippen LogP contribution in [0.2, 0.25) is 0 Å². The molecule has 4 atom stereocenters. The Labute approximate surface area is 170 Å². The highest BCUT2D eigenvalue weighted by molar-refractivity contribution is 4.99. The summed E-state index contributed by atoms with van der Waals surface area (Å²) < 4.78 is 0. The molecule has 0 amide bonds. The highest BCUT2D eigenvalue weighted by atomic mass is 16.3. The Morgan fingerprint density at radius 3 is 1.71 bits per heavy atom. The average Bonchev–Trinajstić information content (AvgIpc) is 2.68. The van der Waals surface area contributed by atoms with E-state index in [1.54, 1.807) is 0 Å². The van der Waals surface area contributed by atoms with Gasteiger partial charge in [-0.25, -0.2) is 0 Å². The highest BCUT2D eigenvalue weighted by Gasteiger charge is 2.38. The number of nitroso groups, excluding NO2 is 2. The molecule has 28 heavy (non-hydrogen) atoms. The molecule has 0 aromatic carbocycles. The summed E-state index contributed by atoms with van der Waals surface area (Å²) in [5.41, 5.74) is 5.52. The lowest BCUT2D eigenvalue weighted by molar-refractivity contribution is 0.203. The zero-order valence-electron chi connectivity index (χ0n) is 17.9. The minimum atomic E-state index is -0.163. The number of nitrogens with one attached hydrogen (secondary N) is 2. The van der Waals surface area contributed by atoms with E-state index in [9.17, 15) is 9.81 Å². The van der Waals surface area contributed by atoms with Gasteiger partial charge in [0.25, 0.3) is 0 Å². The molecule has 0 saturated heterocycles. The Hall–Kier alpha value is -0.920. The molecule has 0 aromatic rings. The lowest BCUT2D eigenvalue weighted by atomic mass is 9.78. The topological polar surface area (TPSA) is 109 Å². The molecule has 7 heteroatoms. The summed E-state index contributed by atoms with van der Waals surface area (Å²) in [7, 11) is 0. The van der Waals surface area contributed by atoms with Crippen LogP contribution in [0.3, 0.4) is 0 Å². The SMILES string of the molecule is CC1(NCCC(CCN)CCNC2(C)CCCCC2N=O)CCCCC1N=O. The standard InChI is InChI=1S/C21H41N5O2/c1-20(12-5-3-7-18(20)25-27)23-15-10-17(9-14-22)11-16-24-21(2)13-6-4-8-19(21)26-28/h17-19,23-24H,3-16,22H2,1-2H3. The highest BCUT2D eigenvalue weighted by Crippen LogP contribution is 2.32. The van der Waals surface area contributed by atoms with Crippen molar-refractivity contribution in [1.82, 2.24) is 10.6 Å². The van der Waals surface area contributed by atoms with Gasteiger partial charge >= 0.3 is 0 Å². The average molecular weight is 396 g/mol. The molecule has 162 valence electrons. The lowest BCUT2D eigenvalue weighted by Crippen LogP contribution is -2.54. The van der Waals surface area contributed by atoms with Gasteiger partial charge in [-0.2, -0.15) is 9.81 Å². The third-order valence-corrected chi connectivity index (χ3v) is 7.31. The first-order valence-electron chi connectivity index (χ1n) is 11.3. The van der Waals surface area contributed by atoms with E-state index in [-0.39, 0.29) is 23.2 Å². The van der Waals surface area contributed by atoms with Gasteiger partial charge < -0.3 is 16.4 Å². The van der Waals surface area contributed by atoms with Crippen LogP contribution >= 0.6 is 0 Å². The second-order valence-corrected chi connectivity index (χ2v) is 9.44. The van der Waals surface area contributed by atoms with Gasteiger partial charge in [0.1, 0.15) is 12.1 Å². The normalized spacial score (nSPS) is 34.7. The van der Waals surface area contributed by atoms with Gasteiger partial charge in [-0.05, 0) is 84.3 Å². The first kappa shape index (κ1) is 23.4. The van der Waals surface area contributed by atoms with E-state index in [1.807, 2.05) is 0 Å². The van der Waals surface area contributed by atoms with Crippen LogP contribution in [0, 0.1) is 15.7 Å². The van der Waals surface area contributed by atoms with Crippen LogP contribution in [0.1, 0.15) is 84.5 Å². The van der Waals surface area contributed by atoms with Crippen molar-refractivity contribution in [2.75, 3.05) is 19.6 Å². The van der Waals surface area contributed by atoms with Crippen LogP contribution in [0.25, 0.3) is 0 Å².